The topological polar surface area (TPSA) is 62.3 Å². The Morgan fingerprint density at radius 1 is 1.10 bits per heavy atom. The van der Waals surface area contributed by atoms with Gasteiger partial charge >= 0.3 is 0 Å². The smallest absolute Gasteiger partial charge is 0.243 e. The lowest BCUT2D eigenvalue weighted by Gasteiger charge is -2.33. The predicted molar refractivity (Wildman–Crippen MR) is 123 cm³/mol. The van der Waals surface area contributed by atoms with Crippen molar-refractivity contribution in [3.8, 4) is 0 Å². The van der Waals surface area contributed by atoms with E-state index in [1.165, 1.54) is 23.3 Å². The standard InChI is InChI=1S/C17H23Cl6N3O2S/c1-9(16(18,19)20)7-12(14(28)25-11(3)15-24-5-6-29-15)26(4)13(27)8-10(2)17(21,22)23/h5-6,9-12H,7-8H2,1-4H3,(H,25,28)/t9-,10-,11+,12-/m0/s1. The van der Waals surface area contributed by atoms with Crippen molar-refractivity contribution in [2.24, 2.45) is 11.8 Å². The normalized spacial score (nSPS) is 16.6. The van der Waals surface area contributed by atoms with Gasteiger partial charge in [-0.3, -0.25) is 9.59 Å². The summed E-state index contributed by atoms with van der Waals surface area (Å²) < 4.78 is -3.19. The van der Waals surface area contributed by atoms with Crippen molar-refractivity contribution in [3.63, 3.8) is 0 Å². The second-order valence-corrected chi connectivity index (χ2v) is 12.6. The highest BCUT2D eigenvalue weighted by atomic mass is 35.6. The van der Waals surface area contributed by atoms with E-state index in [1.54, 1.807) is 27.0 Å². The summed E-state index contributed by atoms with van der Waals surface area (Å²) in [4.78, 5) is 31.3. The van der Waals surface area contributed by atoms with Gasteiger partial charge in [0.15, 0.2) is 7.59 Å². The number of hydrogen-bond donors (Lipinski definition) is 1. The van der Waals surface area contributed by atoms with Crippen LogP contribution in [0.4, 0.5) is 0 Å². The third-order valence-electron chi connectivity index (χ3n) is 4.52. The van der Waals surface area contributed by atoms with E-state index in [0.29, 0.717) is 0 Å². The molecule has 1 heterocycles. The molecule has 0 radical (unpaired) electrons. The highest BCUT2D eigenvalue weighted by molar-refractivity contribution is 7.09. The van der Waals surface area contributed by atoms with E-state index in [0.717, 1.165) is 5.01 Å². The van der Waals surface area contributed by atoms with Gasteiger partial charge in [-0.05, 0) is 13.3 Å². The van der Waals surface area contributed by atoms with Gasteiger partial charge in [0, 0.05) is 36.9 Å². The number of likely N-dealkylation sites (N-methyl/N-ethyl adjacent to an activating group) is 1. The van der Waals surface area contributed by atoms with Crippen molar-refractivity contribution < 1.29 is 9.59 Å². The maximum Gasteiger partial charge on any atom is 0.243 e. The van der Waals surface area contributed by atoms with Crippen molar-refractivity contribution in [2.75, 3.05) is 7.05 Å². The fraction of sp³-hybridized carbons (Fsp3) is 0.706. The molecule has 4 atom stereocenters. The molecular formula is C17H23Cl6N3O2S. The van der Waals surface area contributed by atoms with Crippen LogP contribution in [0.3, 0.4) is 0 Å². The lowest BCUT2D eigenvalue weighted by Crippen LogP contribution is -2.50. The fourth-order valence-corrected chi connectivity index (χ4v) is 3.57. The van der Waals surface area contributed by atoms with Crippen LogP contribution in [-0.4, -0.2) is 42.4 Å². The third kappa shape index (κ3) is 8.76. The van der Waals surface area contributed by atoms with Crippen LogP contribution in [0.1, 0.15) is 44.7 Å². The van der Waals surface area contributed by atoms with Crippen LogP contribution in [0.5, 0.6) is 0 Å². The minimum atomic E-state index is -1.60. The van der Waals surface area contributed by atoms with Gasteiger partial charge in [-0.1, -0.05) is 83.5 Å². The molecule has 0 aliphatic carbocycles. The molecule has 29 heavy (non-hydrogen) atoms. The summed E-state index contributed by atoms with van der Waals surface area (Å²) in [5.41, 5.74) is 0. The number of carbonyl (C=O) groups is 2. The summed E-state index contributed by atoms with van der Waals surface area (Å²) in [5.74, 6) is -1.79. The summed E-state index contributed by atoms with van der Waals surface area (Å²) in [7, 11) is 1.51. The molecule has 1 N–H and O–H groups in total. The molecule has 0 aliphatic rings. The molecule has 0 saturated carbocycles. The average Bonchev–Trinajstić information content (AvgIpc) is 3.11. The van der Waals surface area contributed by atoms with Crippen LogP contribution in [0, 0.1) is 11.8 Å². The van der Waals surface area contributed by atoms with Crippen molar-refractivity contribution in [1.29, 1.82) is 0 Å². The molecule has 166 valence electrons. The molecule has 0 bridgehead atoms. The average molecular weight is 546 g/mol. The van der Waals surface area contributed by atoms with Crippen molar-refractivity contribution in [1.82, 2.24) is 15.2 Å². The Hall–Kier alpha value is 0.310. The van der Waals surface area contributed by atoms with E-state index < -0.39 is 25.5 Å². The molecule has 1 aromatic heterocycles. The SMILES string of the molecule is C[C@@H](NC(=O)[C@H](C[C@H](C)C(Cl)(Cl)Cl)N(C)C(=O)C[C@H](C)C(Cl)(Cl)Cl)c1nccs1. The molecule has 0 spiro atoms. The van der Waals surface area contributed by atoms with Crippen LogP contribution in [0.2, 0.25) is 0 Å². The van der Waals surface area contributed by atoms with Crippen molar-refractivity contribution in [3.05, 3.63) is 16.6 Å². The summed E-state index contributed by atoms with van der Waals surface area (Å²) in [6, 6.07) is -1.21. The second-order valence-electron chi connectivity index (χ2n) is 6.95. The molecule has 0 unspecified atom stereocenters. The monoisotopic (exact) mass is 543 g/mol. The van der Waals surface area contributed by atoms with Crippen LogP contribution >= 0.6 is 80.9 Å². The number of alkyl halides is 6. The zero-order chi connectivity index (χ0) is 22.6. The van der Waals surface area contributed by atoms with Gasteiger partial charge in [-0.15, -0.1) is 11.3 Å². The molecule has 1 rings (SSSR count). The predicted octanol–water partition coefficient (Wildman–Crippen LogP) is 5.94. The first-order valence-electron chi connectivity index (χ1n) is 8.73. The number of thiazole rings is 1. The number of amides is 2. The lowest BCUT2D eigenvalue weighted by atomic mass is 9.99. The molecule has 0 fully saturated rings. The van der Waals surface area contributed by atoms with Gasteiger partial charge in [0.25, 0.3) is 0 Å². The minimum absolute atomic E-state index is 0.0546. The van der Waals surface area contributed by atoms with Crippen LogP contribution in [0.25, 0.3) is 0 Å². The van der Waals surface area contributed by atoms with Crippen molar-refractivity contribution >= 4 is 92.8 Å². The van der Waals surface area contributed by atoms with Gasteiger partial charge in [-0.25, -0.2) is 4.98 Å². The highest BCUT2D eigenvalue weighted by Crippen LogP contribution is 2.39. The first-order chi connectivity index (χ1) is 13.1. The number of nitrogens with one attached hydrogen (secondary N) is 1. The molecule has 2 amide bonds. The van der Waals surface area contributed by atoms with E-state index in [-0.39, 0.29) is 30.7 Å². The highest BCUT2D eigenvalue weighted by Gasteiger charge is 2.38. The summed E-state index contributed by atoms with van der Waals surface area (Å²) in [6.45, 7) is 5.14. The number of nitrogens with zero attached hydrogens (tertiary/aromatic N) is 2. The first-order valence-corrected chi connectivity index (χ1v) is 11.9. The van der Waals surface area contributed by atoms with Gasteiger partial charge in [-0.2, -0.15) is 0 Å². The number of hydrogen-bond acceptors (Lipinski definition) is 4. The van der Waals surface area contributed by atoms with Crippen LogP contribution < -0.4 is 5.32 Å². The Labute approximate surface area is 205 Å². The number of carbonyl (C=O) groups excluding carboxylic acids is 2. The van der Waals surface area contributed by atoms with Crippen LogP contribution in [-0.2, 0) is 9.59 Å². The largest absolute Gasteiger partial charge is 0.345 e. The Balaban J connectivity index is 2.99. The zero-order valence-corrected chi connectivity index (χ0v) is 21.6. The Bertz CT molecular complexity index is 678. The Morgan fingerprint density at radius 3 is 2.10 bits per heavy atom. The molecule has 0 aliphatic heterocycles. The van der Waals surface area contributed by atoms with Crippen LogP contribution in [0.15, 0.2) is 11.6 Å². The summed E-state index contributed by atoms with van der Waals surface area (Å²) in [5, 5.41) is 5.42. The zero-order valence-electron chi connectivity index (χ0n) is 16.3. The maximum atomic E-state index is 13.0. The van der Waals surface area contributed by atoms with Crippen molar-refractivity contribution in [2.45, 2.75) is 53.3 Å². The summed E-state index contributed by atoms with van der Waals surface area (Å²) >= 11 is 37.0. The fourth-order valence-electron chi connectivity index (χ4n) is 2.42. The molecule has 1 aromatic rings. The molecule has 12 heteroatoms. The first kappa shape index (κ1) is 27.3. The number of halogens is 6. The lowest BCUT2D eigenvalue weighted by molar-refractivity contribution is -0.140. The number of rotatable bonds is 8. The quantitative estimate of drug-likeness (QED) is 0.411. The summed E-state index contributed by atoms with van der Waals surface area (Å²) in [6.07, 6.45) is 1.73. The van der Waals surface area contributed by atoms with Gasteiger partial charge in [0.05, 0.1) is 6.04 Å². The van der Waals surface area contributed by atoms with Gasteiger partial charge in [0.2, 0.25) is 11.8 Å². The second kappa shape index (κ2) is 11.3. The maximum absolute atomic E-state index is 13.0. The molecule has 5 nitrogen and oxygen atoms in total. The molecular weight excluding hydrogens is 523 g/mol. The van der Waals surface area contributed by atoms with Gasteiger partial charge in [0.1, 0.15) is 11.0 Å². The Kier molecular flexibility index (Phi) is 10.6. The van der Waals surface area contributed by atoms with E-state index in [4.69, 9.17) is 69.6 Å². The number of aromatic nitrogens is 1. The van der Waals surface area contributed by atoms with E-state index in [9.17, 15) is 9.59 Å². The third-order valence-corrected chi connectivity index (χ3v) is 7.71. The molecule has 0 aromatic carbocycles. The van der Waals surface area contributed by atoms with Gasteiger partial charge < -0.3 is 10.2 Å². The minimum Gasteiger partial charge on any atom is -0.345 e. The van der Waals surface area contributed by atoms with E-state index >= 15 is 0 Å². The van der Waals surface area contributed by atoms with E-state index in [2.05, 4.69) is 10.3 Å². The Morgan fingerprint density at radius 2 is 1.66 bits per heavy atom. The van der Waals surface area contributed by atoms with E-state index in [1.807, 2.05) is 5.38 Å². The molecule has 0 saturated heterocycles.